The molecule has 1 aliphatic rings. The van der Waals surface area contributed by atoms with Crippen molar-refractivity contribution < 1.29 is 0 Å². The van der Waals surface area contributed by atoms with E-state index in [2.05, 4.69) is 31.3 Å². The molecule has 1 saturated heterocycles. The maximum atomic E-state index is 6.17. The fraction of sp³-hybridized carbons (Fsp3) is 0.316. The number of imidazole rings is 1. The first-order valence-corrected chi connectivity index (χ1v) is 8.89. The van der Waals surface area contributed by atoms with Crippen molar-refractivity contribution in [2.24, 2.45) is 0 Å². The number of nitrogens with one attached hydrogen (secondary N) is 1. The van der Waals surface area contributed by atoms with Gasteiger partial charge in [0.15, 0.2) is 5.65 Å². The van der Waals surface area contributed by atoms with Gasteiger partial charge in [-0.15, -0.1) is 6.58 Å². The molecule has 1 unspecified atom stereocenters. The lowest BCUT2D eigenvalue weighted by atomic mass is 10.2. The van der Waals surface area contributed by atoms with Gasteiger partial charge in [0.05, 0.1) is 11.7 Å². The zero-order valence-corrected chi connectivity index (χ0v) is 14.7. The zero-order valence-electron chi connectivity index (χ0n) is 14.7. The molecule has 1 atom stereocenters. The van der Waals surface area contributed by atoms with Gasteiger partial charge in [-0.3, -0.25) is 9.47 Å². The summed E-state index contributed by atoms with van der Waals surface area (Å²) >= 11 is 0. The molecule has 4 heterocycles. The van der Waals surface area contributed by atoms with Gasteiger partial charge < -0.3 is 11.1 Å². The van der Waals surface area contributed by atoms with E-state index in [1.54, 1.807) is 12.4 Å². The van der Waals surface area contributed by atoms with Crippen molar-refractivity contribution in [3.63, 3.8) is 0 Å². The molecule has 0 bridgehead atoms. The van der Waals surface area contributed by atoms with E-state index in [1.807, 2.05) is 30.3 Å². The maximum Gasteiger partial charge on any atom is 0.161 e. The van der Waals surface area contributed by atoms with E-state index < -0.39 is 0 Å². The number of hydrogen-bond donors (Lipinski definition) is 2. The van der Waals surface area contributed by atoms with Crippen molar-refractivity contribution >= 4 is 17.0 Å². The van der Waals surface area contributed by atoms with Gasteiger partial charge in [-0.1, -0.05) is 6.08 Å². The summed E-state index contributed by atoms with van der Waals surface area (Å²) in [6, 6.07) is 7.74. The Kier molecular flexibility index (Phi) is 4.64. The van der Waals surface area contributed by atoms with Crippen LogP contribution in [0, 0.1) is 0 Å². The molecular weight excluding hydrogens is 326 g/mol. The molecular formula is C19H23N7. The maximum absolute atomic E-state index is 6.17. The first-order valence-electron chi connectivity index (χ1n) is 8.89. The highest BCUT2D eigenvalue weighted by atomic mass is 15.3. The SMILES string of the molecule is C=CCC(N1CCNCC1)n1c(-c2cccnc2N)nc2cccnc21. The van der Waals surface area contributed by atoms with Gasteiger partial charge in [-0.05, 0) is 30.7 Å². The fourth-order valence-corrected chi connectivity index (χ4v) is 3.56. The van der Waals surface area contributed by atoms with Crippen LogP contribution in [0.5, 0.6) is 0 Å². The smallest absolute Gasteiger partial charge is 0.161 e. The lowest BCUT2D eigenvalue weighted by Gasteiger charge is -2.36. The van der Waals surface area contributed by atoms with Crippen LogP contribution in [0.1, 0.15) is 12.6 Å². The number of hydrogen-bond acceptors (Lipinski definition) is 6. The van der Waals surface area contributed by atoms with Crippen LogP contribution in [-0.4, -0.2) is 50.6 Å². The lowest BCUT2D eigenvalue weighted by molar-refractivity contribution is 0.127. The Hall–Kier alpha value is -2.77. The van der Waals surface area contributed by atoms with Crippen molar-refractivity contribution in [2.45, 2.75) is 12.6 Å². The second-order valence-electron chi connectivity index (χ2n) is 6.38. The molecule has 7 heteroatoms. The predicted molar refractivity (Wildman–Crippen MR) is 103 cm³/mol. The van der Waals surface area contributed by atoms with Crippen LogP contribution >= 0.6 is 0 Å². The largest absolute Gasteiger partial charge is 0.383 e. The Morgan fingerprint density at radius 2 is 1.96 bits per heavy atom. The van der Waals surface area contributed by atoms with Crippen molar-refractivity contribution in [3.8, 4) is 11.4 Å². The van der Waals surface area contributed by atoms with Crippen molar-refractivity contribution in [1.82, 2.24) is 29.7 Å². The van der Waals surface area contributed by atoms with Gasteiger partial charge in [0.2, 0.25) is 0 Å². The topological polar surface area (TPSA) is 84.9 Å². The van der Waals surface area contributed by atoms with Gasteiger partial charge in [-0.25, -0.2) is 15.0 Å². The minimum atomic E-state index is 0.0871. The van der Waals surface area contributed by atoms with Gasteiger partial charge in [0.1, 0.15) is 17.2 Å². The third kappa shape index (κ3) is 2.95. The number of rotatable bonds is 5. The van der Waals surface area contributed by atoms with Crippen molar-refractivity contribution in [1.29, 1.82) is 0 Å². The number of pyridine rings is 2. The molecule has 0 aliphatic carbocycles. The van der Waals surface area contributed by atoms with E-state index in [0.717, 1.165) is 55.2 Å². The Morgan fingerprint density at radius 3 is 2.73 bits per heavy atom. The number of nitrogen functional groups attached to an aromatic ring is 1. The standard InChI is InChI=1S/C19H23N7/c1-2-5-16(25-12-10-21-11-13-25)26-18(14-6-3-8-22-17(14)20)24-15-7-4-9-23-19(15)26/h2-4,6-9,16,21H,1,5,10-13H2,(H2,20,22). The third-order valence-corrected chi connectivity index (χ3v) is 4.78. The highest BCUT2D eigenvalue weighted by Crippen LogP contribution is 2.32. The summed E-state index contributed by atoms with van der Waals surface area (Å²) in [5.41, 5.74) is 8.71. The average Bonchev–Trinajstić information content (AvgIpc) is 3.06. The quantitative estimate of drug-likeness (QED) is 0.686. The number of piperazine rings is 1. The first kappa shape index (κ1) is 16.7. The molecule has 1 aliphatic heterocycles. The summed E-state index contributed by atoms with van der Waals surface area (Å²) in [5, 5.41) is 3.41. The summed E-state index contributed by atoms with van der Waals surface area (Å²) in [7, 11) is 0. The van der Waals surface area contributed by atoms with Crippen molar-refractivity contribution in [2.75, 3.05) is 31.9 Å². The molecule has 1 fully saturated rings. The van der Waals surface area contributed by atoms with E-state index in [4.69, 9.17) is 10.7 Å². The van der Waals surface area contributed by atoms with Gasteiger partial charge in [0.25, 0.3) is 0 Å². The third-order valence-electron chi connectivity index (χ3n) is 4.78. The Balaban J connectivity index is 1.92. The minimum absolute atomic E-state index is 0.0871. The van der Waals surface area contributed by atoms with Crippen LogP contribution < -0.4 is 11.1 Å². The van der Waals surface area contributed by atoms with E-state index in [1.165, 1.54) is 0 Å². The van der Waals surface area contributed by atoms with Gasteiger partial charge >= 0.3 is 0 Å². The highest BCUT2D eigenvalue weighted by Gasteiger charge is 2.27. The van der Waals surface area contributed by atoms with Crippen LogP contribution in [0.4, 0.5) is 5.82 Å². The lowest BCUT2D eigenvalue weighted by Crippen LogP contribution is -2.46. The molecule has 3 aromatic rings. The predicted octanol–water partition coefficient (Wildman–Crippen LogP) is 2.06. The number of nitrogens with zero attached hydrogens (tertiary/aromatic N) is 5. The zero-order chi connectivity index (χ0) is 17.9. The Morgan fingerprint density at radius 1 is 1.19 bits per heavy atom. The normalized spacial score (nSPS) is 16.6. The molecule has 0 saturated carbocycles. The molecule has 0 aromatic carbocycles. The molecule has 4 rings (SSSR count). The summed E-state index contributed by atoms with van der Waals surface area (Å²) in [5.74, 6) is 1.27. The fourth-order valence-electron chi connectivity index (χ4n) is 3.56. The van der Waals surface area contributed by atoms with Crippen molar-refractivity contribution in [3.05, 3.63) is 49.3 Å². The first-order chi connectivity index (χ1) is 12.8. The molecule has 3 aromatic heterocycles. The van der Waals surface area contributed by atoms with Gasteiger partial charge in [-0.2, -0.15) is 0 Å². The van der Waals surface area contributed by atoms with Crippen LogP contribution in [0.25, 0.3) is 22.6 Å². The highest BCUT2D eigenvalue weighted by molar-refractivity contribution is 5.80. The molecule has 134 valence electrons. The monoisotopic (exact) mass is 349 g/mol. The van der Waals surface area contributed by atoms with Gasteiger partial charge in [0, 0.05) is 38.6 Å². The number of anilines is 1. The van der Waals surface area contributed by atoms with Crippen LogP contribution in [0.2, 0.25) is 0 Å². The summed E-state index contributed by atoms with van der Waals surface area (Å²) in [6.45, 7) is 7.84. The summed E-state index contributed by atoms with van der Waals surface area (Å²) < 4.78 is 2.19. The molecule has 26 heavy (non-hydrogen) atoms. The van der Waals surface area contributed by atoms with Crippen LogP contribution in [-0.2, 0) is 0 Å². The summed E-state index contributed by atoms with van der Waals surface area (Å²) in [6.07, 6.45) is 6.35. The van der Waals surface area contributed by atoms with Crippen LogP contribution in [0.3, 0.4) is 0 Å². The Labute approximate surface area is 152 Å². The Bertz CT molecular complexity index is 911. The van der Waals surface area contributed by atoms with E-state index >= 15 is 0 Å². The van der Waals surface area contributed by atoms with Crippen LogP contribution in [0.15, 0.2) is 49.3 Å². The molecule has 7 nitrogen and oxygen atoms in total. The second-order valence-corrected chi connectivity index (χ2v) is 6.38. The van der Waals surface area contributed by atoms with E-state index in [-0.39, 0.29) is 6.17 Å². The summed E-state index contributed by atoms with van der Waals surface area (Å²) in [4.78, 5) is 16.2. The molecule has 0 spiro atoms. The van der Waals surface area contributed by atoms with E-state index in [0.29, 0.717) is 5.82 Å². The number of nitrogens with two attached hydrogens (primary N) is 1. The number of fused-ring (bicyclic) bond motifs is 1. The minimum Gasteiger partial charge on any atom is -0.383 e. The molecule has 0 amide bonds. The molecule has 3 N–H and O–H groups in total. The van der Waals surface area contributed by atoms with E-state index in [9.17, 15) is 0 Å². The second kappa shape index (κ2) is 7.23. The number of aromatic nitrogens is 4. The molecule has 0 radical (unpaired) electrons. The average molecular weight is 349 g/mol.